The van der Waals surface area contributed by atoms with Crippen molar-refractivity contribution in [2.24, 2.45) is 0 Å². The van der Waals surface area contributed by atoms with Crippen LogP contribution in [-0.4, -0.2) is 46.7 Å². The summed E-state index contributed by atoms with van der Waals surface area (Å²) in [5.41, 5.74) is 1.10. The Bertz CT molecular complexity index is 336. The Kier molecular flexibility index (Phi) is 9.67. The molecule has 0 aliphatic rings. The molecule has 0 unspecified atom stereocenters. The summed E-state index contributed by atoms with van der Waals surface area (Å²) in [4.78, 5) is 0. The van der Waals surface area contributed by atoms with Crippen molar-refractivity contribution in [2.45, 2.75) is 6.54 Å². The monoisotopic (exact) mass is 287 g/mol. The Morgan fingerprint density at radius 2 is 1.68 bits per heavy atom. The average Bonchev–Trinajstić information content (AvgIpc) is 2.43. The van der Waals surface area contributed by atoms with Crippen LogP contribution in [0.25, 0.3) is 0 Å². The zero-order chi connectivity index (χ0) is 13.8. The summed E-state index contributed by atoms with van der Waals surface area (Å²) in [6.45, 7) is 4.67. The minimum atomic E-state index is 0.605. The van der Waals surface area contributed by atoms with Crippen molar-refractivity contribution in [2.75, 3.05) is 46.7 Å². The van der Waals surface area contributed by atoms with Crippen molar-refractivity contribution in [3.05, 3.63) is 34.9 Å². The summed E-state index contributed by atoms with van der Waals surface area (Å²) >= 11 is 6.05. The number of hydrogen-bond acceptors (Lipinski definition) is 4. The van der Waals surface area contributed by atoms with Gasteiger partial charge < -0.3 is 19.5 Å². The van der Waals surface area contributed by atoms with Crippen molar-refractivity contribution >= 4 is 11.6 Å². The van der Waals surface area contributed by atoms with Gasteiger partial charge in [-0.3, -0.25) is 0 Å². The minimum absolute atomic E-state index is 0.605. The van der Waals surface area contributed by atoms with Gasteiger partial charge in [-0.1, -0.05) is 29.8 Å². The number of halogens is 1. The third kappa shape index (κ3) is 8.18. The average molecular weight is 288 g/mol. The lowest BCUT2D eigenvalue weighted by Crippen LogP contribution is -2.20. The number of nitrogens with one attached hydrogen (secondary N) is 1. The second-order valence-corrected chi connectivity index (χ2v) is 4.39. The second kappa shape index (κ2) is 11.2. The normalized spacial score (nSPS) is 10.8. The third-order valence-corrected chi connectivity index (χ3v) is 2.87. The Labute approximate surface area is 120 Å². The zero-order valence-corrected chi connectivity index (χ0v) is 12.1. The molecule has 0 spiro atoms. The summed E-state index contributed by atoms with van der Waals surface area (Å²) in [6.07, 6.45) is 0. The molecule has 1 aromatic rings. The van der Waals surface area contributed by atoms with Crippen molar-refractivity contribution in [3.8, 4) is 0 Å². The van der Waals surface area contributed by atoms with E-state index in [0.717, 1.165) is 23.7 Å². The molecule has 0 heterocycles. The molecule has 19 heavy (non-hydrogen) atoms. The Morgan fingerprint density at radius 3 is 2.42 bits per heavy atom. The van der Waals surface area contributed by atoms with Gasteiger partial charge in [-0.2, -0.15) is 0 Å². The molecule has 1 aromatic carbocycles. The highest BCUT2D eigenvalue weighted by Gasteiger charge is 1.97. The molecule has 108 valence electrons. The fourth-order valence-electron chi connectivity index (χ4n) is 1.47. The van der Waals surface area contributed by atoms with Crippen LogP contribution in [0.4, 0.5) is 0 Å². The van der Waals surface area contributed by atoms with Crippen molar-refractivity contribution < 1.29 is 14.2 Å². The van der Waals surface area contributed by atoms with E-state index in [-0.39, 0.29) is 0 Å². The van der Waals surface area contributed by atoms with Gasteiger partial charge in [0.25, 0.3) is 0 Å². The van der Waals surface area contributed by atoms with E-state index < -0.39 is 0 Å². The van der Waals surface area contributed by atoms with Gasteiger partial charge in [-0.05, 0) is 11.6 Å². The van der Waals surface area contributed by atoms with E-state index in [1.165, 1.54) is 0 Å². The molecule has 0 aliphatic carbocycles. The van der Waals surface area contributed by atoms with Crippen LogP contribution < -0.4 is 5.32 Å². The number of benzene rings is 1. The third-order valence-electron chi connectivity index (χ3n) is 2.50. The lowest BCUT2D eigenvalue weighted by atomic mass is 10.2. The summed E-state index contributed by atoms with van der Waals surface area (Å²) in [6, 6.07) is 7.82. The molecule has 1 N–H and O–H groups in total. The fraction of sp³-hybridized carbons (Fsp3) is 0.571. The topological polar surface area (TPSA) is 39.7 Å². The zero-order valence-electron chi connectivity index (χ0n) is 11.4. The fourth-order valence-corrected chi connectivity index (χ4v) is 1.68. The second-order valence-electron chi connectivity index (χ2n) is 3.99. The van der Waals surface area contributed by atoms with Gasteiger partial charge in [0.15, 0.2) is 0 Å². The quantitative estimate of drug-likeness (QED) is 0.633. The number of rotatable bonds is 11. The standard InChI is InChI=1S/C14H22ClNO3/c1-17-8-9-19-11-10-18-7-6-16-12-13-4-2-3-5-14(13)15/h2-5,16H,6-12H2,1H3. The minimum Gasteiger partial charge on any atom is -0.382 e. The highest BCUT2D eigenvalue weighted by atomic mass is 35.5. The molecule has 0 saturated heterocycles. The molecule has 0 aromatic heterocycles. The lowest BCUT2D eigenvalue weighted by Gasteiger charge is -2.08. The predicted molar refractivity (Wildman–Crippen MR) is 76.7 cm³/mol. The molecule has 1 rings (SSSR count). The maximum absolute atomic E-state index is 6.05. The van der Waals surface area contributed by atoms with Crippen LogP contribution in [0.3, 0.4) is 0 Å². The van der Waals surface area contributed by atoms with Gasteiger partial charge in [0.2, 0.25) is 0 Å². The van der Waals surface area contributed by atoms with Gasteiger partial charge in [-0.25, -0.2) is 0 Å². The number of methoxy groups -OCH3 is 1. The molecule has 5 heteroatoms. The summed E-state index contributed by atoms with van der Waals surface area (Å²) in [5, 5.41) is 4.08. The smallest absolute Gasteiger partial charge is 0.0701 e. The van der Waals surface area contributed by atoms with E-state index in [1.54, 1.807) is 7.11 Å². The van der Waals surface area contributed by atoms with E-state index in [1.807, 2.05) is 24.3 Å². The first-order valence-electron chi connectivity index (χ1n) is 6.43. The predicted octanol–water partition coefficient (Wildman–Crippen LogP) is 2.11. The van der Waals surface area contributed by atoms with Crippen LogP contribution in [0.1, 0.15) is 5.56 Å². The molecule has 0 saturated carbocycles. The molecule has 0 atom stereocenters. The van der Waals surface area contributed by atoms with Crippen molar-refractivity contribution in [3.63, 3.8) is 0 Å². The summed E-state index contributed by atoms with van der Waals surface area (Å²) < 4.78 is 15.6. The van der Waals surface area contributed by atoms with Crippen LogP contribution in [0.5, 0.6) is 0 Å². The van der Waals surface area contributed by atoms with Crippen LogP contribution in [0.2, 0.25) is 5.02 Å². The largest absolute Gasteiger partial charge is 0.382 e. The summed E-state index contributed by atoms with van der Waals surface area (Å²) in [7, 11) is 1.66. The van der Waals surface area contributed by atoms with Crippen LogP contribution >= 0.6 is 11.6 Å². The van der Waals surface area contributed by atoms with E-state index in [0.29, 0.717) is 33.0 Å². The molecule has 0 fully saturated rings. The van der Waals surface area contributed by atoms with Crippen molar-refractivity contribution in [1.29, 1.82) is 0 Å². The number of ether oxygens (including phenoxy) is 3. The molecule has 4 nitrogen and oxygen atoms in total. The molecule has 0 bridgehead atoms. The lowest BCUT2D eigenvalue weighted by molar-refractivity contribution is 0.0255. The van der Waals surface area contributed by atoms with Gasteiger partial charge >= 0.3 is 0 Å². The van der Waals surface area contributed by atoms with E-state index >= 15 is 0 Å². The maximum Gasteiger partial charge on any atom is 0.0701 e. The van der Waals surface area contributed by atoms with Gasteiger partial charge in [0.1, 0.15) is 0 Å². The number of hydrogen-bond donors (Lipinski definition) is 1. The maximum atomic E-state index is 6.05. The van der Waals surface area contributed by atoms with Crippen LogP contribution in [0, 0.1) is 0 Å². The molecule has 0 aliphatic heterocycles. The van der Waals surface area contributed by atoms with Gasteiger partial charge in [-0.15, -0.1) is 0 Å². The first-order valence-corrected chi connectivity index (χ1v) is 6.81. The Hall–Kier alpha value is -0.650. The van der Waals surface area contributed by atoms with E-state index in [4.69, 9.17) is 25.8 Å². The summed E-state index contributed by atoms with van der Waals surface area (Å²) in [5.74, 6) is 0. The van der Waals surface area contributed by atoms with Gasteiger partial charge in [0.05, 0.1) is 33.0 Å². The van der Waals surface area contributed by atoms with E-state index in [9.17, 15) is 0 Å². The Morgan fingerprint density at radius 1 is 1.00 bits per heavy atom. The van der Waals surface area contributed by atoms with Crippen LogP contribution in [-0.2, 0) is 20.8 Å². The first kappa shape index (κ1) is 16.4. The highest BCUT2D eigenvalue weighted by Crippen LogP contribution is 2.13. The molecular weight excluding hydrogens is 266 g/mol. The first-order chi connectivity index (χ1) is 9.34. The molecule has 0 amide bonds. The SMILES string of the molecule is COCCOCCOCCNCc1ccccc1Cl. The van der Waals surface area contributed by atoms with Crippen LogP contribution in [0.15, 0.2) is 24.3 Å². The Balaban J connectivity index is 1.90. The molecule has 0 radical (unpaired) electrons. The highest BCUT2D eigenvalue weighted by molar-refractivity contribution is 6.31. The van der Waals surface area contributed by atoms with Gasteiger partial charge in [0, 0.05) is 25.2 Å². The van der Waals surface area contributed by atoms with Crippen molar-refractivity contribution in [1.82, 2.24) is 5.32 Å². The van der Waals surface area contributed by atoms with E-state index in [2.05, 4.69) is 5.32 Å². The molecular formula is C14H22ClNO3.